The Morgan fingerprint density at radius 3 is 2.00 bits per heavy atom. The van der Waals surface area contributed by atoms with E-state index in [2.05, 4.69) is 29.4 Å². The van der Waals surface area contributed by atoms with Gasteiger partial charge in [-0.25, -0.2) is 0 Å². The molecule has 1 rings (SSSR count). The molecule has 3 nitrogen and oxygen atoms in total. The van der Waals surface area contributed by atoms with Crippen molar-refractivity contribution in [1.29, 1.82) is 0 Å². The Hall–Kier alpha value is -0.830. The maximum atomic E-state index is 9.00. The SMILES string of the molecule is CCCCCCCCC=CCCCCCCCCC1CN=C(CO)N1. The number of amidine groups is 1. The summed E-state index contributed by atoms with van der Waals surface area (Å²) in [5, 5.41) is 12.3. The van der Waals surface area contributed by atoms with Gasteiger partial charge in [-0.15, -0.1) is 0 Å². The largest absolute Gasteiger partial charge is 0.388 e. The minimum atomic E-state index is 0.0594. The van der Waals surface area contributed by atoms with Crippen LogP contribution in [0.2, 0.25) is 0 Å². The highest BCUT2D eigenvalue weighted by atomic mass is 16.3. The van der Waals surface area contributed by atoms with Crippen LogP contribution >= 0.6 is 0 Å². The molecule has 0 saturated carbocycles. The maximum absolute atomic E-state index is 9.00. The van der Waals surface area contributed by atoms with Crippen molar-refractivity contribution in [2.24, 2.45) is 4.99 Å². The van der Waals surface area contributed by atoms with Crippen LogP contribution in [0.5, 0.6) is 0 Å². The molecular weight excluding hydrogens is 308 g/mol. The molecule has 0 aromatic carbocycles. The first-order valence-corrected chi connectivity index (χ1v) is 10.9. The zero-order valence-corrected chi connectivity index (χ0v) is 16.6. The summed E-state index contributed by atoms with van der Waals surface area (Å²) in [7, 11) is 0. The van der Waals surface area contributed by atoms with Crippen molar-refractivity contribution in [2.75, 3.05) is 13.2 Å². The van der Waals surface area contributed by atoms with Gasteiger partial charge in [0.15, 0.2) is 0 Å². The number of aliphatic hydroxyl groups is 1. The van der Waals surface area contributed by atoms with Crippen LogP contribution in [-0.4, -0.2) is 30.1 Å². The lowest BCUT2D eigenvalue weighted by atomic mass is 10.0. The number of unbranched alkanes of at least 4 members (excludes halogenated alkanes) is 12. The maximum Gasteiger partial charge on any atom is 0.123 e. The van der Waals surface area contributed by atoms with Crippen LogP contribution in [-0.2, 0) is 0 Å². The summed E-state index contributed by atoms with van der Waals surface area (Å²) in [6, 6.07) is 0.471. The van der Waals surface area contributed by atoms with Crippen LogP contribution in [0.25, 0.3) is 0 Å². The van der Waals surface area contributed by atoms with E-state index in [0.717, 1.165) is 12.4 Å². The second-order valence-corrected chi connectivity index (χ2v) is 7.51. The molecule has 1 atom stereocenters. The van der Waals surface area contributed by atoms with E-state index in [0.29, 0.717) is 6.04 Å². The van der Waals surface area contributed by atoms with Crippen LogP contribution in [0.1, 0.15) is 103 Å². The van der Waals surface area contributed by atoms with E-state index in [4.69, 9.17) is 5.11 Å². The highest BCUT2D eigenvalue weighted by molar-refractivity contribution is 5.84. The quantitative estimate of drug-likeness (QED) is 0.258. The van der Waals surface area contributed by atoms with Crippen molar-refractivity contribution in [3.63, 3.8) is 0 Å². The third-order valence-corrected chi connectivity index (χ3v) is 5.09. The minimum absolute atomic E-state index is 0.0594. The van der Waals surface area contributed by atoms with Gasteiger partial charge < -0.3 is 10.4 Å². The molecule has 1 unspecified atom stereocenters. The molecule has 2 N–H and O–H groups in total. The summed E-state index contributed by atoms with van der Waals surface area (Å²) in [5.41, 5.74) is 0. The van der Waals surface area contributed by atoms with Crippen LogP contribution in [0.3, 0.4) is 0 Å². The molecule has 0 aromatic heterocycles. The second-order valence-electron chi connectivity index (χ2n) is 7.51. The van der Waals surface area contributed by atoms with Gasteiger partial charge in [0, 0.05) is 6.04 Å². The van der Waals surface area contributed by atoms with Crippen molar-refractivity contribution < 1.29 is 5.11 Å². The van der Waals surface area contributed by atoms with Gasteiger partial charge >= 0.3 is 0 Å². The van der Waals surface area contributed by atoms with Crippen LogP contribution in [0.4, 0.5) is 0 Å². The molecule has 146 valence electrons. The monoisotopic (exact) mass is 350 g/mol. The lowest BCUT2D eigenvalue weighted by Crippen LogP contribution is -2.31. The third kappa shape index (κ3) is 13.1. The number of hydrogen-bond donors (Lipinski definition) is 2. The highest BCUT2D eigenvalue weighted by Crippen LogP contribution is 2.12. The summed E-state index contributed by atoms with van der Waals surface area (Å²) in [4.78, 5) is 4.28. The zero-order chi connectivity index (χ0) is 18.0. The number of nitrogens with zero attached hydrogens (tertiary/aromatic N) is 1. The van der Waals surface area contributed by atoms with Crippen molar-refractivity contribution in [1.82, 2.24) is 5.32 Å². The van der Waals surface area contributed by atoms with E-state index in [-0.39, 0.29) is 6.61 Å². The van der Waals surface area contributed by atoms with E-state index in [1.807, 2.05) is 0 Å². The molecule has 1 heterocycles. The average Bonchev–Trinajstić information content (AvgIpc) is 3.09. The van der Waals surface area contributed by atoms with Gasteiger partial charge in [-0.3, -0.25) is 4.99 Å². The fourth-order valence-electron chi connectivity index (χ4n) is 3.44. The number of aliphatic imine (C=N–C) groups is 1. The van der Waals surface area contributed by atoms with Crippen molar-refractivity contribution in [2.45, 2.75) is 109 Å². The number of nitrogens with one attached hydrogen (secondary N) is 1. The van der Waals surface area contributed by atoms with Gasteiger partial charge in [-0.1, -0.05) is 83.3 Å². The number of hydrogen-bond acceptors (Lipinski definition) is 3. The van der Waals surface area contributed by atoms with Crippen LogP contribution in [0, 0.1) is 0 Å². The molecule has 1 aliphatic heterocycles. The molecule has 0 amide bonds. The molecule has 3 heteroatoms. The van der Waals surface area contributed by atoms with E-state index >= 15 is 0 Å². The Balaban J connectivity index is 1.74. The standard InChI is InChI=1S/C22H42N2O/c1-2-3-4-5-6-7-8-9-10-11-12-13-14-15-16-17-18-21-19-23-22(20-25)24-21/h9-10,21,25H,2-8,11-20H2,1H3,(H,23,24). The molecule has 0 spiro atoms. The summed E-state index contributed by atoms with van der Waals surface area (Å²) < 4.78 is 0. The molecule has 0 bridgehead atoms. The predicted molar refractivity (Wildman–Crippen MR) is 110 cm³/mol. The topological polar surface area (TPSA) is 44.6 Å². The average molecular weight is 351 g/mol. The number of allylic oxidation sites excluding steroid dienone is 2. The molecule has 0 radical (unpaired) electrons. The highest BCUT2D eigenvalue weighted by Gasteiger charge is 2.15. The fraction of sp³-hybridized carbons (Fsp3) is 0.864. The molecule has 0 saturated heterocycles. The van der Waals surface area contributed by atoms with Crippen LogP contribution < -0.4 is 5.32 Å². The van der Waals surface area contributed by atoms with E-state index < -0.39 is 0 Å². The second kappa shape index (κ2) is 16.6. The van der Waals surface area contributed by atoms with Gasteiger partial charge in [0.05, 0.1) is 6.54 Å². The van der Waals surface area contributed by atoms with Crippen LogP contribution in [0.15, 0.2) is 17.1 Å². The van der Waals surface area contributed by atoms with Gasteiger partial charge in [0.1, 0.15) is 12.4 Å². The van der Waals surface area contributed by atoms with Gasteiger partial charge in [0.25, 0.3) is 0 Å². The van der Waals surface area contributed by atoms with Gasteiger partial charge in [-0.05, 0) is 32.1 Å². The van der Waals surface area contributed by atoms with Crippen molar-refractivity contribution in [3.8, 4) is 0 Å². The summed E-state index contributed by atoms with van der Waals surface area (Å²) in [6.07, 6.45) is 25.0. The first kappa shape index (κ1) is 22.2. The number of rotatable bonds is 17. The van der Waals surface area contributed by atoms with Gasteiger partial charge in [-0.2, -0.15) is 0 Å². The fourth-order valence-corrected chi connectivity index (χ4v) is 3.44. The number of aliphatic hydroxyl groups excluding tert-OH is 1. The first-order chi connectivity index (χ1) is 12.4. The van der Waals surface area contributed by atoms with E-state index in [1.165, 1.54) is 96.3 Å². The van der Waals surface area contributed by atoms with E-state index in [9.17, 15) is 0 Å². The Morgan fingerprint density at radius 1 is 0.880 bits per heavy atom. The van der Waals surface area contributed by atoms with Crippen molar-refractivity contribution in [3.05, 3.63) is 12.2 Å². The Kier molecular flexibility index (Phi) is 14.8. The molecule has 0 fully saturated rings. The van der Waals surface area contributed by atoms with Gasteiger partial charge in [0.2, 0.25) is 0 Å². The zero-order valence-electron chi connectivity index (χ0n) is 16.6. The lowest BCUT2D eigenvalue weighted by Gasteiger charge is -2.10. The Morgan fingerprint density at radius 2 is 1.44 bits per heavy atom. The first-order valence-electron chi connectivity index (χ1n) is 10.9. The molecular formula is C22H42N2O. The smallest absolute Gasteiger partial charge is 0.123 e. The Bertz CT molecular complexity index is 352. The normalized spacial score (nSPS) is 17.2. The molecule has 0 aromatic rings. The molecule has 1 aliphatic rings. The summed E-state index contributed by atoms with van der Waals surface area (Å²) >= 11 is 0. The summed E-state index contributed by atoms with van der Waals surface area (Å²) in [6.45, 7) is 3.19. The van der Waals surface area contributed by atoms with E-state index in [1.54, 1.807) is 0 Å². The molecule has 25 heavy (non-hydrogen) atoms. The Labute approximate surface area is 156 Å². The predicted octanol–water partition coefficient (Wildman–Crippen LogP) is 5.78. The summed E-state index contributed by atoms with van der Waals surface area (Å²) in [5.74, 6) is 0.773. The molecule has 0 aliphatic carbocycles. The third-order valence-electron chi connectivity index (χ3n) is 5.09. The van der Waals surface area contributed by atoms with Crippen molar-refractivity contribution >= 4 is 5.84 Å². The lowest BCUT2D eigenvalue weighted by molar-refractivity contribution is 0.353. The minimum Gasteiger partial charge on any atom is -0.388 e.